The van der Waals surface area contributed by atoms with Crippen LogP contribution in [-0.4, -0.2) is 10.6 Å². The second kappa shape index (κ2) is 11.9. The number of fused-ring (bicyclic) bond motifs is 11. The number of hydrogen-bond acceptors (Lipinski definition) is 3. The summed E-state index contributed by atoms with van der Waals surface area (Å²) in [7, 11) is 0. The van der Waals surface area contributed by atoms with Crippen LogP contribution in [0.3, 0.4) is 0 Å². The zero-order valence-electron chi connectivity index (χ0n) is 30.2. The van der Waals surface area contributed by atoms with E-state index in [0.29, 0.717) is 0 Å². The Morgan fingerprint density at radius 2 is 1.45 bits per heavy atom. The summed E-state index contributed by atoms with van der Waals surface area (Å²) in [6.45, 7) is 0. The monoisotopic (exact) mass is 707 g/mol. The third-order valence-electron chi connectivity index (χ3n) is 12.2. The first-order chi connectivity index (χ1) is 27.3. The summed E-state index contributed by atoms with van der Waals surface area (Å²) < 4.78 is 9.10. The van der Waals surface area contributed by atoms with Crippen LogP contribution in [0.15, 0.2) is 170 Å². The van der Waals surface area contributed by atoms with Crippen molar-refractivity contribution in [2.45, 2.75) is 31.0 Å². The first-order valence-corrected chi connectivity index (χ1v) is 19.4. The van der Waals surface area contributed by atoms with Crippen molar-refractivity contribution in [3.05, 3.63) is 192 Å². The minimum absolute atomic E-state index is 0.204. The van der Waals surface area contributed by atoms with Crippen LogP contribution >= 0.6 is 0 Å². The fourth-order valence-corrected chi connectivity index (χ4v) is 9.66. The molecule has 12 rings (SSSR count). The van der Waals surface area contributed by atoms with Gasteiger partial charge in [-0.15, -0.1) is 0 Å². The smallest absolute Gasteiger partial charge is 0.196 e. The summed E-state index contributed by atoms with van der Waals surface area (Å²) in [4.78, 5) is 2.54. The van der Waals surface area contributed by atoms with E-state index in [2.05, 4.69) is 185 Å². The molecule has 0 spiro atoms. The molecule has 1 aromatic heterocycles. The van der Waals surface area contributed by atoms with Gasteiger partial charge in [0.25, 0.3) is 0 Å². The lowest BCUT2D eigenvalue weighted by Crippen LogP contribution is -2.28. The predicted molar refractivity (Wildman–Crippen MR) is 228 cm³/mol. The van der Waals surface area contributed by atoms with Gasteiger partial charge in [0.05, 0.1) is 17.2 Å². The molecule has 1 N–H and O–H groups in total. The summed E-state index contributed by atoms with van der Waals surface area (Å²) in [5.74, 6) is 1.19. The van der Waals surface area contributed by atoms with E-state index in [1.807, 2.05) is 6.07 Å². The molecule has 0 amide bonds. The van der Waals surface area contributed by atoms with Crippen molar-refractivity contribution in [1.29, 1.82) is 0 Å². The van der Waals surface area contributed by atoms with E-state index in [0.717, 1.165) is 35.2 Å². The Labute approximate surface area is 319 Å². The van der Waals surface area contributed by atoms with Crippen LogP contribution in [-0.2, 0) is 6.42 Å². The molecule has 3 heterocycles. The Kier molecular flexibility index (Phi) is 6.61. The van der Waals surface area contributed by atoms with Crippen LogP contribution in [0.4, 0.5) is 17.1 Å². The van der Waals surface area contributed by atoms with E-state index in [1.165, 1.54) is 72.1 Å². The van der Waals surface area contributed by atoms with Gasteiger partial charge in [-0.1, -0.05) is 121 Å². The molecular formula is C51H37N3O. The Hall–Kier alpha value is -6.78. The van der Waals surface area contributed by atoms with Crippen LogP contribution in [0.25, 0.3) is 55.3 Å². The third kappa shape index (κ3) is 4.64. The van der Waals surface area contributed by atoms with Gasteiger partial charge in [0, 0.05) is 50.6 Å². The van der Waals surface area contributed by atoms with E-state index in [9.17, 15) is 0 Å². The summed E-state index contributed by atoms with van der Waals surface area (Å²) in [5, 5.41) is 9.67. The Morgan fingerprint density at radius 3 is 2.36 bits per heavy atom. The first kappa shape index (κ1) is 30.7. The molecule has 0 saturated heterocycles. The maximum Gasteiger partial charge on any atom is 0.196 e. The molecule has 3 unspecified atom stereocenters. The zero-order chi connectivity index (χ0) is 36.0. The second-order valence-corrected chi connectivity index (χ2v) is 15.2. The highest BCUT2D eigenvalue weighted by Gasteiger charge is 2.38. The number of nitrogens with zero attached hydrogens (tertiary/aromatic N) is 2. The molecular weight excluding hydrogens is 671 g/mol. The molecule has 0 bridgehead atoms. The highest BCUT2D eigenvalue weighted by atomic mass is 16.5. The normalized spacial score (nSPS) is 19.0. The van der Waals surface area contributed by atoms with Crippen molar-refractivity contribution in [2.24, 2.45) is 0 Å². The molecule has 55 heavy (non-hydrogen) atoms. The average molecular weight is 708 g/mol. The topological polar surface area (TPSA) is 29.4 Å². The number of allylic oxidation sites excluding steroid dienone is 3. The van der Waals surface area contributed by atoms with Gasteiger partial charge in [0.15, 0.2) is 12.0 Å². The summed E-state index contributed by atoms with van der Waals surface area (Å²) in [6.07, 6.45) is 15.7. The molecule has 3 atom stereocenters. The van der Waals surface area contributed by atoms with Crippen molar-refractivity contribution in [3.63, 3.8) is 0 Å². The van der Waals surface area contributed by atoms with E-state index in [-0.39, 0.29) is 18.2 Å². The van der Waals surface area contributed by atoms with Crippen molar-refractivity contribution < 1.29 is 4.74 Å². The van der Waals surface area contributed by atoms with Gasteiger partial charge in [-0.3, -0.25) is 0 Å². The number of nitrogens with one attached hydrogen (secondary N) is 1. The molecule has 4 nitrogen and oxygen atoms in total. The number of para-hydroxylation sites is 1. The van der Waals surface area contributed by atoms with Gasteiger partial charge in [-0.2, -0.15) is 0 Å². The predicted octanol–water partition coefficient (Wildman–Crippen LogP) is 12.8. The highest BCUT2D eigenvalue weighted by Crippen LogP contribution is 2.51. The summed E-state index contributed by atoms with van der Waals surface area (Å²) in [6, 6.07) is 51.3. The molecule has 0 radical (unpaired) electrons. The van der Waals surface area contributed by atoms with Crippen LogP contribution in [0.5, 0.6) is 5.75 Å². The lowest BCUT2D eigenvalue weighted by Gasteiger charge is -2.29. The minimum Gasteiger partial charge on any atom is -0.464 e. The summed E-state index contributed by atoms with van der Waals surface area (Å²) in [5.41, 5.74) is 13.8. The Morgan fingerprint density at radius 1 is 0.655 bits per heavy atom. The molecule has 2 aliphatic heterocycles. The molecule has 0 fully saturated rings. The van der Waals surface area contributed by atoms with E-state index < -0.39 is 0 Å². The molecule has 7 aromatic carbocycles. The SMILES string of the molecule is C1=CC2c3cc(-c4ccc5c(c4)c4c(n5-c5ccccc5)CCC=C4)ccc3N(c3ccc4c(ccc5ccc6c(c54)OC(c4ccccc4)N6)c3)C2C=C1. The second-order valence-electron chi connectivity index (χ2n) is 15.2. The summed E-state index contributed by atoms with van der Waals surface area (Å²) >= 11 is 0. The van der Waals surface area contributed by atoms with Crippen LogP contribution in [0.1, 0.15) is 41.0 Å². The number of aromatic nitrogens is 1. The van der Waals surface area contributed by atoms with Crippen LogP contribution in [0.2, 0.25) is 0 Å². The average Bonchev–Trinajstić information content (AvgIpc) is 3.94. The van der Waals surface area contributed by atoms with Crippen LogP contribution in [0, 0.1) is 0 Å². The number of ether oxygens (including phenoxy) is 1. The van der Waals surface area contributed by atoms with Crippen LogP contribution < -0.4 is 15.0 Å². The maximum absolute atomic E-state index is 6.64. The van der Waals surface area contributed by atoms with Crippen molar-refractivity contribution >= 4 is 55.6 Å². The van der Waals surface area contributed by atoms with Gasteiger partial charge in [-0.05, 0) is 100 Å². The lowest BCUT2D eigenvalue weighted by atomic mass is 9.89. The van der Waals surface area contributed by atoms with Gasteiger partial charge < -0.3 is 19.5 Å². The zero-order valence-corrected chi connectivity index (χ0v) is 30.2. The quantitative estimate of drug-likeness (QED) is 0.185. The molecule has 4 heteroatoms. The van der Waals surface area contributed by atoms with Gasteiger partial charge >= 0.3 is 0 Å². The minimum atomic E-state index is -0.204. The van der Waals surface area contributed by atoms with Gasteiger partial charge in [0.2, 0.25) is 0 Å². The number of rotatable bonds is 4. The van der Waals surface area contributed by atoms with E-state index in [4.69, 9.17) is 4.74 Å². The van der Waals surface area contributed by atoms with Crippen molar-refractivity contribution in [3.8, 4) is 22.6 Å². The fraction of sp³-hybridized carbons (Fsp3) is 0.0980. The lowest BCUT2D eigenvalue weighted by molar-refractivity contribution is 0.263. The van der Waals surface area contributed by atoms with Crippen molar-refractivity contribution in [2.75, 3.05) is 10.2 Å². The number of anilines is 3. The van der Waals surface area contributed by atoms with Gasteiger partial charge in [-0.25, -0.2) is 0 Å². The molecule has 0 saturated carbocycles. The highest BCUT2D eigenvalue weighted by molar-refractivity contribution is 6.13. The van der Waals surface area contributed by atoms with E-state index >= 15 is 0 Å². The molecule has 4 aliphatic rings. The largest absolute Gasteiger partial charge is 0.464 e. The first-order valence-electron chi connectivity index (χ1n) is 19.4. The van der Waals surface area contributed by atoms with Gasteiger partial charge in [0.1, 0.15) is 0 Å². The molecule has 8 aromatic rings. The Balaban J connectivity index is 0.941. The number of benzene rings is 7. The number of hydrogen-bond donors (Lipinski definition) is 1. The van der Waals surface area contributed by atoms with E-state index in [1.54, 1.807) is 0 Å². The molecule has 2 aliphatic carbocycles. The Bertz CT molecular complexity index is 2950. The maximum atomic E-state index is 6.64. The standard InChI is InChI=1S/C51H37N3O/c1-3-11-33(12-4-1)51-52-44-26-21-32-19-20-36-29-38(24-25-39(36)49(32)50(44)55-51)54-46-18-10-8-16-41(46)43-31-35(23-28-48(43)54)34-22-27-47-42(30-34)40-15-7-9-17-45(40)53(47)37-13-5-2-6-14-37/h1-8,10-16,18-31,41,46,51-52H,9,17H2. The van der Waals surface area contributed by atoms with Crippen molar-refractivity contribution in [1.82, 2.24) is 4.57 Å². The fourth-order valence-electron chi connectivity index (χ4n) is 9.66. The molecule has 262 valence electrons. The third-order valence-corrected chi connectivity index (χ3v) is 12.2.